The Morgan fingerprint density at radius 2 is 2.33 bits per heavy atom. The molecule has 98 valence electrons. The normalized spacial score (nSPS) is 19.9. The second-order valence-corrected chi connectivity index (χ2v) is 5.24. The Morgan fingerprint density at radius 1 is 1.56 bits per heavy atom. The van der Waals surface area contributed by atoms with Crippen LogP contribution in [0.25, 0.3) is 0 Å². The molecule has 2 rings (SSSR count). The van der Waals surface area contributed by atoms with E-state index in [4.69, 9.17) is 11.6 Å². The minimum absolute atomic E-state index is 0.346. The number of thioether (sulfide) groups is 1. The number of aliphatic carboxylic acids is 1. The van der Waals surface area contributed by atoms with Gasteiger partial charge in [0.25, 0.3) is 0 Å². The molecule has 5 nitrogen and oxygen atoms in total. The number of rotatable bonds is 3. The lowest BCUT2D eigenvalue weighted by Gasteiger charge is -2.33. The number of carboxylic acid groups (broad SMARTS) is 1. The molecule has 1 aliphatic rings. The van der Waals surface area contributed by atoms with Gasteiger partial charge in [0, 0.05) is 12.6 Å². The molecule has 0 amide bonds. The predicted molar refractivity (Wildman–Crippen MR) is 71.4 cm³/mol. The van der Waals surface area contributed by atoms with Gasteiger partial charge in [-0.15, -0.1) is 0 Å². The van der Waals surface area contributed by atoms with Crippen LogP contribution in [-0.2, 0) is 4.79 Å². The molecule has 1 aliphatic heterocycles. The third-order valence-electron chi connectivity index (χ3n) is 2.93. The zero-order valence-corrected chi connectivity index (χ0v) is 11.5. The summed E-state index contributed by atoms with van der Waals surface area (Å²) in [6.07, 6.45) is 4.41. The fourth-order valence-electron chi connectivity index (χ4n) is 2.09. The second kappa shape index (κ2) is 5.75. The van der Waals surface area contributed by atoms with Crippen molar-refractivity contribution in [3.63, 3.8) is 0 Å². The lowest BCUT2D eigenvalue weighted by Crippen LogP contribution is -2.45. The average molecular weight is 288 g/mol. The number of halogens is 1. The average Bonchev–Trinajstić information content (AvgIpc) is 2.38. The zero-order valence-electron chi connectivity index (χ0n) is 9.97. The summed E-state index contributed by atoms with van der Waals surface area (Å²) in [6, 6.07) is 1.11. The number of hydrogen-bond acceptors (Lipinski definition) is 5. The monoisotopic (exact) mass is 287 g/mol. The quantitative estimate of drug-likeness (QED) is 0.523. The van der Waals surface area contributed by atoms with E-state index in [0.717, 1.165) is 12.8 Å². The van der Waals surface area contributed by atoms with E-state index in [-0.39, 0.29) is 0 Å². The number of anilines is 1. The number of carboxylic acids is 1. The molecule has 1 aromatic heterocycles. The van der Waals surface area contributed by atoms with Gasteiger partial charge in [-0.1, -0.05) is 23.4 Å². The maximum atomic E-state index is 11.3. The molecule has 18 heavy (non-hydrogen) atoms. The molecular formula is C11H14ClN3O2S. The molecule has 1 atom stereocenters. The fourth-order valence-corrected chi connectivity index (χ4v) is 2.69. The number of nitrogens with zero attached hydrogens (tertiary/aromatic N) is 3. The number of hydrogen-bond donors (Lipinski definition) is 1. The molecule has 0 aromatic carbocycles. The van der Waals surface area contributed by atoms with Crippen molar-refractivity contribution in [2.45, 2.75) is 30.5 Å². The largest absolute Gasteiger partial charge is 0.480 e. The Kier molecular flexibility index (Phi) is 4.29. The molecule has 0 radical (unpaired) electrons. The van der Waals surface area contributed by atoms with E-state index in [1.54, 1.807) is 11.0 Å². The Balaban J connectivity index is 2.33. The maximum absolute atomic E-state index is 11.3. The van der Waals surface area contributed by atoms with Crippen molar-refractivity contribution in [1.29, 1.82) is 0 Å². The van der Waals surface area contributed by atoms with Gasteiger partial charge in [0.2, 0.25) is 0 Å². The van der Waals surface area contributed by atoms with Crippen molar-refractivity contribution < 1.29 is 9.90 Å². The molecule has 0 saturated carbocycles. The van der Waals surface area contributed by atoms with Gasteiger partial charge < -0.3 is 10.0 Å². The lowest BCUT2D eigenvalue weighted by molar-refractivity contribution is -0.139. The number of piperidine rings is 1. The molecule has 1 aromatic rings. The molecule has 0 spiro atoms. The Hall–Kier alpha value is -1.01. The third-order valence-corrected chi connectivity index (χ3v) is 3.67. The molecule has 1 fully saturated rings. The van der Waals surface area contributed by atoms with Gasteiger partial charge in [-0.3, -0.25) is 0 Å². The van der Waals surface area contributed by atoms with E-state index in [9.17, 15) is 9.90 Å². The lowest BCUT2D eigenvalue weighted by atomic mass is 10.0. The zero-order chi connectivity index (χ0) is 13.1. The van der Waals surface area contributed by atoms with Crippen LogP contribution in [0.5, 0.6) is 0 Å². The first-order valence-corrected chi connectivity index (χ1v) is 7.30. The first-order valence-electron chi connectivity index (χ1n) is 5.70. The van der Waals surface area contributed by atoms with Crippen LogP contribution in [0.15, 0.2) is 11.2 Å². The van der Waals surface area contributed by atoms with E-state index in [2.05, 4.69) is 9.97 Å². The predicted octanol–water partition coefficient (Wildman–Crippen LogP) is 2.30. The first-order chi connectivity index (χ1) is 8.61. The maximum Gasteiger partial charge on any atom is 0.326 e. The van der Waals surface area contributed by atoms with Crippen LogP contribution in [0, 0.1) is 0 Å². The van der Waals surface area contributed by atoms with Crippen molar-refractivity contribution >= 4 is 35.1 Å². The van der Waals surface area contributed by atoms with E-state index >= 15 is 0 Å². The molecule has 7 heteroatoms. The second-order valence-electron chi connectivity index (χ2n) is 4.08. The molecule has 1 N–H and O–H groups in total. The SMILES string of the molecule is CSc1nc(Cl)cc(N2CCCC[C@H]2C(=O)O)n1. The highest BCUT2D eigenvalue weighted by molar-refractivity contribution is 7.98. The molecule has 0 bridgehead atoms. The minimum atomic E-state index is -0.810. The summed E-state index contributed by atoms with van der Waals surface area (Å²) < 4.78 is 0. The smallest absolute Gasteiger partial charge is 0.326 e. The van der Waals surface area contributed by atoms with Gasteiger partial charge in [-0.25, -0.2) is 14.8 Å². The highest BCUT2D eigenvalue weighted by atomic mass is 35.5. The van der Waals surface area contributed by atoms with Crippen molar-refractivity contribution in [2.75, 3.05) is 17.7 Å². The number of carbonyl (C=O) groups is 1. The topological polar surface area (TPSA) is 66.3 Å². The summed E-state index contributed by atoms with van der Waals surface area (Å²) in [6.45, 7) is 0.693. The van der Waals surface area contributed by atoms with Gasteiger partial charge in [-0.05, 0) is 25.5 Å². The van der Waals surface area contributed by atoms with Gasteiger partial charge in [0.15, 0.2) is 5.16 Å². The minimum Gasteiger partial charge on any atom is -0.480 e. The van der Waals surface area contributed by atoms with E-state index < -0.39 is 12.0 Å². The van der Waals surface area contributed by atoms with Gasteiger partial charge in [0.05, 0.1) is 0 Å². The van der Waals surface area contributed by atoms with Crippen molar-refractivity contribution in [3.05, 3.63) is 11.2 Å². The summed E-state index contributed by atoms with van der Waals surface area (Å²) in [5.41, 5.74) is 0. The van der Waals surface area contributed by atoms with E-state index in [1.165, 1.54) is 11.8 Å². The summed E-state index contributed by atoms with van der Waals surface area (Å²) in [5.74, 6) is -0.207. The summed E-state index contributed by atoms with van der Waals surface area (Å²) in [7, 11) is 0. The Bertz CT molecular complexity index is 458. The van der Waals surface area contributed by atoms with Gasteiger partial charge >= 0.3 is 5.97 Å². The Morgan fingerprint density at radius 3 is 3.00 bits per heavy atom. The van der Waals surface area contributed by atoms with Crippen LogP contribution >= 0.6 is 23.4 Å². The number of aromatic nitrogens is 2. The summed E-state index contributed by atoms with van der Waals surface area (Å²) >= 11 is 7.33. The summed E-state index contributed by atoms with van der Waals surface area (Å²) in [5, 5.41) is 10.2. The first kappa shape index (κ1) is 13.4. The van der Waals surface area contributed by atoms with Gasteiger partial charge in [-0.2, -0.15) is 0 Å². The van der Waals surface area contributed by atoms with Crippen LogP contribution in [0.4, 0.5) is 5.82 Å². The van der Waals surface area contributed by atoms with Crippen LogP contribution < -0.4 is 4.90 Å². The highest BCUT2D eigenvalue weighted by Gasteiger charge is 2.29. The van der Waals surface area contributed by atoms with E-state index in [0.29, 0.717) is 29.1 Å². The van der Waals surface area contributed by atoms with Crippen LogP contribution in [0.1, 0.15) is 19.3 Å². The molecule has 1 saturated heterocycles. The molecular weight excluding hydrogens is 274 g/mol. The van der Waals surface area contributed by atoms with Crippen molar-refractivity contribution in [1.82, 2.24) is 9.97 Å². The summed E-state index contributed by atoms with van der Waals surface area (Å²) in [4.78, 5) is 21.5. The molecule has 2 heterocycles. The molecule has 0 aliphatic carbocycles. The van der Waals surface area contributed by atoms with Crippen molar-refractivity contribution in [2.24, 2.45) is 0 Å². The van der Waals surface area contributed by atoms with Crippen LogP contribution in [0.3, 0.4) is 0 Å². The van der Waals surface area contributed by atoms with Crippen LogP contribution in [0.2, 0.25) is 5.15 Å². The Labute approximate surface area is 115 Å². The van der Waals surface area contributed by atoms with Crippen LogP contribution in [-0.4, -0.2) is 39.9 Å². The third kappa shape index (κ3) is 2.87. The highest BCUT2D eigenvalue weighted by Crippen LogP contribution is 2.26. The van der Waals surface area contributed by atoms with Gasteiger partial charge in [0.1, 0.15) is 17.0 Å². The standard InChI is InChI=1S/C11H14ClN3O2S/c1-18-11-13-8(12)6-9(14-11)15-5-3-2-4-7(15)10(16)17/h6-7H,2-5H2,1H3,(H,16,17)/t7-/m0/s1. The molecule has 0 unspecified atom stereocenters. The fraction of sp³-hybridized carbons (Fsp3) is 0.545. The van der Waals surface area contributed by atoms with Crippen molar-refractivity contribution in [3.8, 4) is 0 Å². The van der Waals surface area contributed by atoms with E-state index in [1.807, 2.05) is 6.26 Å².